The summed E-state index contributed by atoms with van der Waals surface area (Å²) in [5, 5.41) is 8.05. The van der Waals surface area contributed by atoms with Crippen molar-refractivity contribution in [3.05, 3.63) is 123 Å². The van der Waals surface area contributed by atoms with Crippen LogP contribution in [0.5, 0.6) is 0 Å². The first-order chi connectivity index (χ1) is 27.6. The Morgan fingerprint density at radius 3 is 1.88 bits per heavy atom. The maximum absolute atomic E-state index is 15.7. The average molecular weight is 826 g/mol. The zero-order chi connectivity index (χ0) is 42.2. The third-order valence-corrected chi connectivity index (χ3v) is 20.5. The minimum atomic E-state index is -4.63. The van der Waals surface area contributed by atoms with Gasteiger partial charge in [0.2, 0.25) is 5.91 Å². The Morgan fingerprint density at radius 1 is 0.810 bits per heavy atom. The highest BCUT2D eigenvalue weighted by Crippen LogP contribution is 2.60. The SMILES string of the molecule is Cc1ccc(S(=O)(=O)N2C(=O)[C@@H]3[C@H](CN=[N+]=[N-])[C@@H](N=[N+]=[N-])[C@]4(C(=O)N(Cc5ccccc5)C(=O)N4Cc4ccccc4)[C@@H]3[C@H]2CO[Si](C(C)C)(C(C)C)C(C)C)cc1. The molecule has 6 rings (SSSR count). The van der Waals surface area contributed by atoms with Gasteiger partial charge in [-0.1, -0.05) is 130 Å². The molecule has 17 heteroatoms. The van der Waals surface area contributed by atoms with E-state index in [1.54, 1.807) is 60.7 Å². The summed E-state index contributed by atoms with van der Waals surface area (Å²) in [6.07, 6.45) is 0. The maximum atomic E-state index is 15.7. The number of sulfonamides is 1. The number of hydrogen-bond acceptors (Lipinski definition) is 8. The van der Waals surface area contributed by atoms with Crippen LogP contribution in [0.1, 0.15) is 58.2 Å². The summed E-state index contributed by atoms with van der Waals surface area (Å²) in [7, 11) is -7.42. The molecule has 15 nitrogen and oxygen atoms in total. The molecular formula is C41H51N9O6SSi. The third-order valence-electron chi connectivity index (χ3n) is 12.6. The van der Waals surface area contributed by atoms with Crippen molar-refractivity contribution in [2.75, 3.05) is 13.2 Å². The molecule has 0 bridgehead atoms. The largest absolute Gasteiger partial charge is 0.414 e. The highest BCUT2D eigenvalue weighted by Gasteiger charge is 2.78. The summed E-state index contributed by atoms with van der Waals surface area (Å²) in [4.78, 5) is 54.5. The van der Waals surface area contributed by atoms with Crippen molar-refractivity contribution in [1.82, 2.24) is 14.1 Å². The molecule has 6 atom stereocenters. The van der Waals surface area contributed by atoms with E-state index < -0.39 is 78.1 Å². The molecule has 58 heavy (non-hydrogen) atoms. The van der Waals surface area contributed by atoms with Gasteiger partial charge in [-0.2, -0.15) is 0 Å². The first-order valence-corrected chi connectivity index (χ1v) is 23.2. The first kappa shape index (κ1) is 42.4. The van der Waals surface area contributed by atoms with Crippen LogP contribution in [-0.2, 0) is 37.1 Å². The molecule has 1 spiro atoms. The van der Waals surface area contributed by atoms with E-state index >= 15 is 22.8 Å². The Balaban J connectivity index is 1.66. The van der Waals surface area contributed by atoms with Crippen LogP contribution in [0.4, 0.5) is 4.79 Å². The molecule has 1 aliphatic carbocycles. The molecule has 2 heterocycles. The van der Waals surface area contributed by atoms with Crippen molar-refractivity contribution in [3.63, 3.8) is 0 Å². The number of azide groups is 2. The lowest BCUT2D eigenvalue weighted by molar-refractivity contribution is -0.137. The Bertz CT molecular complexity index is 2210. The summed E-state index contributed by atoms with van der Waals surface area (Å²) in [6, 6.07) is 20.6. The molecule has 3 aliphatic rings. The van der Waals surface area contributed by atoms with Crippen LogP contribution in [0.3, 0.4) is 0 Å². The number of carbonyl (C=O) groups is 3. The van der Waals surface area contributed by atoms with Gasteiger partial charge in [0.25, 0.3) is 15.9 Å². The lowest BCUT2D eigenvalue weighted by Crippen LogP contribution is -2.63. The summed E-state index contributed by atoms with van der Waals surface area (Å²) >= 11 is 0. The average Bonchev–Trinajstić information content (AvgIpc) is 3.71. The van der Waals surface area contributed by atoms with Crippen molar-refractivity contribution in [2.45, 2.75) is 101 Å². The quantitative estimate of drug-likeness (QED) is 0.0484. The van der Waals surface area contributed by atoms with Crippen LogP contribution in [0.25, 0.3) is 20.9 Å². The monoisotopic (exact) mass is 825 g/mol. The number of fused-ring (bicyclic) bond motifs is 2. The summed E-state index contributed by atoms with van der Waals surface area (Å²) in [5.41, 5.74) is 20.0. The molecule has 0 radical (unpaired) electrons. The molecule has 2 aliphatic heterocycles. The van der Waals surface area contributed by atoms with Gasteiger partial charge in [0, 0.05) is 28.8 Å². The number of urea groups is 1. The number of amides is 4. The van der Waals surface area contributed by atoms with E-state index in [1.165, 1.54) is 17.0 Å². The van der Waals surface area contributed by atoms with Crippen LogP contribution in [0.15, 0.2) is 100 Å². The maximum Gasteiger partial charge on any atom is 0.328 e. The van der Waals surface area contributed by atoms with Crippen LogP contribution in [0.2, 0.25) is 16.6 Å². The van der Waals surface area contributed by atoms with E-state index in [2.05, 4.69) is 61.6 Å². The van der Waals surface area contributed by atoms with Gasteiger partial charge in [-0.25, -0.2) is 17.5 Å². The fraction of sp³-hybridized carbons (Fsp3) is 0.488. The number of carbonyl (C=O) groups excluding carboxylic acids is 3. The molecule has 3 aromatic carbocycles. The van der Waals surface area contributed by atoms with E-state index in [9.17, 15) is 11.1 Å². The summed E-state index contributed by atoms with van der Waals surface area (Å²) in [6.45, 7) is 13.4. The molecule has 2 saturated heterocycles. The smallest absolute Gasteiger partial charge is 0.328 e. The molecule has 0 aromatic heterocycles. The predicted octanol–water partition coefficient (Wildman–Crippen LogP) is 8.34. The number of imide groups is 1. The van der Waals surface area contributed by atoms with Crippen LogP contribution >= 0.6 is 0 Å². The first-order valence-electron chi connectivity index (χ1n) is 19.7. The molecule has 3 aromatic rings. The predicted molar refractivity (Wildman–Crippen MR) is 221 cm³/mol. The molecule has 4 amide bonds. The minimum absolute atomic E-state index is 0.0689. The van der Waals surface area contributed by atoms with Gasteiger partial charge in [0.15, 0.2) is 8.32 Å². The van der Waals surface area contributed by atoms with Crippen molar-refractivity contribution in [3.8, 4) is 0 Å². The molecular weight excluding hydrogens is 775 g/mol. The topological polar surface area (TPSA) is 202 Å². The molecule has 0 N–H and O–H groups in total. The molecule has 3 fully saturated rings. The second kappa shape index (κ2) is 16.6. The Morgan fingerprint density at radius 2 is 1.36 bits per heavy atom. The Kier molecular flexibility index (Phi) is 12.1. The van der Waals surface area contributed by atoms with Crippen LogP contribution in [-0.4, -0.2) is 79.5 Å². The number of nitrogens with zero attached hydrogens (tertiary/aromatic N) is 9. The summed E-state index contributed by atoms with van der Waals surface area (Å²) in [5.74, 6) is -5.37. The van der Waals surface area contributed by atoms with Gasteiger partial charge in [-0.3, -0.25) is 14.5 Å². The van der Waals surface area contributed by atoms with E-state index in [0.29, 0.717) is 11.1 Å². The second-order valence-corrected chi connectivity index (χ2v) is 23.8. The Labute approximate surface area is 340 Å². The number of hydrogen-bond donors (Lipinski definition) is 0. The van der Waals surface area contributed by atoms with Gasteiger partial charge >= 0.3 is 6.03 Å². The number of aryl methyl sites for hydroxylation is 1. The van der Waals surface area contributed by atoms with Gasteiger partial charge < -0.3 is 9.33 Å². The van der Waals surface area contributed by atoms with Crippen LogP contribution in [0, 0.1) is 24.7 Å². The lowest BCUT2D eigenvalue weighted by Gasteiger charge is -2.46. The lowest BCUT2D eigenvalue weighted by atomic mass is 9.77. The van der Waals surface area contributed by atoms with Gasteiger partial charge in [0.1, 0.15) is 5.54 Å². The van der Waals surface area contributed by atoms with E-state index in [0.717, 1.165) is 14.8 Å². The third kappa shape index (κ3) is 6.84. The zero-order valence-corrected chi connectivity index (χ0v) is 35.7. The summed E-state index contributed by atoms with van der Waals surface area (Å²) < 4.78 is 38.0. The highest BCUT2D eigenvalue weighted by atomic mass is 32.2. The fourth-order valence-electron chi connectivity index (χ4n) is 10.4. The molecule has 306 valence electrons. The minimum Gasteiger partial charge on any atom is -0.414 e. The zero-order valence-electron chi connectivity index (χ0n) is 33.9. The second-order valence-electron chi connectivity index (χ2n) is 16.5. The van der Waals surface area contributed by atoms with Crippen molar-refractivity contribution in [1.29, 1.82) is 0 Å². The van der Waals surface area contributed by atoms with Gasteiger partial charge in [-0.05, 0) is 63.8 Å². The van der Waals surface area contributed by atoms with Crippen molar-refractivity contribution in [2.24, 2.45) is 28.0 Å². The normalized spacial score (nSPS) is 24.6. The standard InChI is InChI=1S/C41H51N9O6SSi/c1-26(2)58(27(3)4,28(5)6)56-25-34-36-35(38(51)50(34)57(54,55)32-20-18-29(7)19-21-32)33(22-44-46-42)37(45-47-43)41(36)39(52)48(23-30-14-10-8-11-15-30)40(53)49(41)24-31-16-12-9-13-17-31/h8-21,26-28,33-37H,22-25H2,1-7H3/t33-,34+,35+,36+,37+,41-/m0/s1. The molecule has 1 saturated carbocycles. The van der Waals surface area contributed by atoms with Gasteiger partial charge in [-0.15, -0.1) is 0 Å². The highest BCUT2D eigenvalue weighted by molar-refractivity contribution is 7.89. The van der Waals surface area contributed by atoms with E-state index in [1.807, 2.05) is 19.1 Å². The van der Waals surface area contributed by atoms with Crippen LogP contribution < -0.4 is 0 Å². The van der Waals surface area contributed by atoms with Crippen molar-refractivity contribution >= 4 is 36.2 Å². The van der Waals surface area contributed by atoms with Crippen molar-refractivity contribution < 1.29 is 27.2 Å². The van der Waals surface area contributed by atoms with Gasteiger partial charge in [0.05, 0.1) is 36.0 Å². The Hall–Kier alpha value is -5.18. The fourth-order valence-corrected chi connectivity index (χ4v) is 17.5. The van der Waals surface area contributed by atoms with E-state index in [-0.39, 0.29) is 41.2 Å². The number of benzene rings is 3. The van der Waals surface area contributed by atoms with E-state index in [4.69, 9.17) is 4.43 Å². The molecule has 0 unspecified atom stereocenters. The number of rotatable bonds is 15.